The van der Waals surface area contributed by atoms with Crippen LogP contribution in [0, 0.1) is 0 Å². The zero-order chi connectivity index (χ0) is 19.5. The minimum absolute atomic E-state index is 0.261. The predicted octanol–water partition coefficient (Wildman–Crippen LogP) is 2.85. The number of aliphatic hydroxyl groups excluding tert-OH is 1. The molecule has 2 aliphatic heterocycles. The van der Waals surface area contributed by atoms with Crippen LogP contribution >= 0.6 is 11.6 Å². The maximum absolute atomic E-state index is 9.62. The van der Waals surface area contributed by atoms with Crippen molar-refractivity contribution in [2.24, 2.45) is 0 Å². The molecule has 0 radical (unpaired) electrons. The van der Waals surface area contributed by atoms with Crippen LogP contribution in [0.5, 0.6) is 0 Å². The van der Waals surface area contributed by atoms with Gasteiger partial charge in [0.25, 0.3) is 0 Å². The molecule has 1 N–H and O–H groups in total. The third kappa shape index (κ3) is 4.66. The minimum Gasteiger partial charge on any atom is -0.396 e. The van der Waals surface area contributed by atoms with Gasteiger partial charge in [0, 0.05) is 55.3 Å². The Morgan fingerprint density at radius 2 is 1.93 bits per heavy atom. The van der Waals surface area contributed by atoms with E-state index in [0.29, 0.717) is 12.1 Å². The summed E-state index contributed by atoms with van der Waals surface area (Å²) < 4.78 is 0. The molecule has 6 heteroatoms. The largest absolute Gasteiger partial charge is 0.396 e. The van der Waals surface area contributed by atoms with Crippen LogP contribution in [0.15, 0.2) is 30.3 Å². The van der Waals surface area contributed by atoms with Crippen LogP contribution in [-0.4, -0.2) is 83.3 Å². The maximum Gasteiger partial charge on any atom is 0.0706 e. The van der Waals surface area contributed by atoms with Crippen molar-refractivity contribution in [1.82, 2.24) is 19.7 Å². The van der Waals surface area contributed by atoms with Crippen LogP contribution < -0.4 is 0 Å². The first kappa shape index (κ1) is 20.0. The molecule has 0 aliphatic carbocycles. The number of pyridine rings is 1. The van der Waals surface area contributed by atoms with Gasteiger partial charge in [-0.3, -0.25) is 14.8 Å². The predicted molar refractivity (Wildman–Crippen MR) is 115 cm³/mol. The van der Waals surface area contributed by atoms with Gasteiger partial charge in [-0.25, -0.2) is 0 Å². The van der Waals surface area contributed by atoms with Gasteiger partial charge in [0.15, 0.2) is 0 Å². The molecule has 0 saturated carbocycles. The lowest BCUT2D eigenvalue weighted by Gasteiger charge is -2.47. The van der Waals surface area contributed by atoms with E-state index in [2.05, 4.69) is 33.9 Å². The highest BCUT2D eigenvalue weighted by atomic mass is 35.5. The Hall–Kier alpha value is -1.24. The van der Waals surface area contributed by atoms with E-state index in [9.17, 15) is 5.11 Å². The Morgan fingerprint density at radius 3 is 2.71 bits per heavy atom. The molecule has 1 atom stereocenters. The lowest BCUT2D eigenvalue weighted by molar-refractivity contribution is 0.00568. The molecule has 0 amide bonds. The zero-order valence-electron chi connectivity index (χ0n) is 16.7. The van der Waals surface area contributed by atoms with Crippen molar-refractivity contribution in [1.29, 1.82) is 0 Å². The van der Waals surface area contributed by atoms with Crippen molar-refractivity contribution >= 4 is 22.5 Å². The number of hydrogen-bond acceptors (Lipinski definition) is 5. The summed E-state index contributed by atoms with van der Waals surface area (Å²) in [6.07, 6.45) is 3.34. The number of piperidine rings is 1. The molecule has 2 saturated heterocycles. The average Bonchev–Trinajstić information content (AvgIpc) is 2.69. The van der Waals surface area contributed by atoms with Crippen LogP contribution in [0.1, 0.15) is 25.0 Å². The van der Waals surface area contributed by atoms with E-state index < -0.39 is 0 Å². The molecule has 2 aromatic rings. The molecule has 1 aromatic carbocycles. The normalized spacial score (nSPS) is 23.5. The minimum atomic E-state index is 0.261. The molecule has 1 aromatic heterocycles. The number of nitrogens with zero attached hydrogens (tertiary/aromatic N) is 4. The van der Waals surface area contributed by atoms with Gasteiger partial charge >= 0.3 is 0 Å². The Morgan fingerprint density at radius 1 is 1.11 bits per heavy atom. The highest BCUT2D eigenvalue weighted by Gasteiger charge is 2.33. The zero-order valence-corrected chi connectivity index (χ0v) is 17.5. The molecule has 2 aliphatic rings. The van der Waals surface area contributed by atoms with Crippen LogP contribution in [-0.2, 0) is 6.54 Å². The second-order valence-corrected chi connectivity index (χ2v) is 8.75. The first-order chi connectivity index (χ1) is 13.6. The molecule has 3 heterocycles. The monoisotopic (exact) mass is 402 g/mol. The third-order valence-corrected chi connectivity index (χ3v) is 6.56. The van der Waals surface area contributed by atoms with Gasteiger partial charge < -0.3 is 10.0 Å². The van der Waals surface area contributed by atoms with Crippen LogP contribution in [0.3, 0.4) is 0 Å². The maximum atomic E-state index is 9.62. The Bertz CT molecular complexity index is 793. The van der Waals surface area contributed by atoms with E-state index in [-0.39, 0.29) is 6.61 Å². The second-order valence-electron chi connectivity index (χ2n) is 8.31. The Labute approximate surface area is 172 Å². The molecule has 2 fully saturated rings. The number of likely N-dealkylation sites (tertiary alicyclic amines) is 1. The van der Waals surface area contributed by atoms with Crippen molar-refractivity contribution in [3.63, 3.8) is 0 Å². The fraction of sp³-hybridized carbons (Fsp3) is 0.591. The van der Waals surface area contributed by atoms with E-state index in [1.54, 1.807) is 0 Å². The molecular formula is C22H31ClN4O. The molecule has 4 rings (SSSR count). The standard InChI is InChI=1S/C22H31ClN4O/c1-25-9-6-20(7-10-25)27-12-11-26(16-21(27)8-13-28)15-19-4-2-17-14-18(23)3-5-22(17)24-19/h2-5,14,20-21,28H,6-13,15-16H2,1H3/t21-/m1/s1. The van der Waals surface area contributed by atoms with E-state index in [1.807, 2.05) is 18.2 Å². The van der Waals surface area contributed by atoms with Gasteiger partial charge in [0.1, 0.15) is 0 Å². The topological polar surface area (TPSA) is 42.8 Å². The third-order valence-electron chi connectivity index (χ3n) is 6.33. The average molecular weight is 403 g/mol. The highest BCUT2D eigenvalue weighted by molar-refractivity contribution is 6.31. The molecule has 5 nitrogen and oxygen atoms in total. The summed E-state index contributed by atoms with van der Waals surface area (Å²) in [5.41, 5.74) is 2.10. The van der Waals surface area contributed by atoms with E-state index >= 15 is 0 Å². The van der Waals surface area contributed by atoms with Crippen LogP contribution in [0.4, 0.5) is 0 Å². The van der Waals surface area contributed by atoms with Crippen LogP contribution in [0.2, 0.25) is 5.02 Å². The fourth-order valence-corrected chi connectivity index (χ4v) is 4.93. The highest BCUT2D eigenvalue weighted by Crippen LogP contribution is 2.24. The van der Waals surface area contributed by atoms with E-state index in [4.69, 9.17) is 16.6 Å². The van der Waals surface area contributed by atoms with Crippen molar-refractivity contribution in [3.05, 3.63) is 41.0 Å². The number of halogens is 1. The molecular weight excluding hydrogens is 372 g/mol. The number of fused-ring (bicyclic) bond motifs is 1. The number of aliphatic hydroxyl groups is 1. The summed E-state index contributed by atoms with van der Waals surface area (Å²) in [6, 6.07) is 11.2. The SMILES string of the molecule is CN1CCC(N2CCN(Cc3ccc4cc(Cl)ccc4n3)C[C@H]2CCO)CC1. The summed E-state index contributed by atoms with van der Waals surface area (Å²) >= 11 is 6.08. The van der Waals surface area contributed by atoms with Gasteiger partial charge in [0.05, 0.1) is 11.2 Å². The van der Waals surface area contributed by atoms with E-state index in [1.165, 1.54) is 25.9 Å². The van der Waals surface area contributed by atoms with Crippen molar-refractivity contribution in [2.75, 3.05) is 46.4 Å². The molecule has 28 heavy (non-hydrogen) atoms. The van der Waals surface area contributed by atoms with Gasteiger partial charge in [-0.2, -0.15) is 0 Å². The van der Waals surface area contributed by atoms with Crippen LogP contribution in [0.25, 0.3) is 10.9 Å². The Balaban J connectivity index is 1.41. The van der Waals surface area contributed by atoms with Crippen molar-refractivity contribution in [3.8, 4) is 0 Å². The van der Waals surface area contributed by atoms with Gasteiger partial charge in [-0.1, -0.05) is 17.7 Å². The van der Waals surface area contributed by atoms with Gasteiger partial charge in [0.2, 0.25) is 0 Å². The first-order valence-electron chi connectivity index (χ1n) is 10.4. The molecule has 152 valence electrons. The molecule has 0 bridgehead atoms. The van der Waals surface area contributed by atoms with E-state index in [0.717, 1.165) is 54.2 Å². The summed E-state index contributed by atoms with van der Waals surface area (Å²) in [6.45, 7) is 6.64. The number of aromatic nitrogens is 1. The number of rotatable bonds is 5. The summed E-state index contributed by atoms with van der Waals surface area (Å²) in [7, 11) is 2.21. The lowest BCUT2D eigenvalue weighted by Crippen LogP contribution is -2.58. The fourth-order valence-electron chi connectivity index (χ4n) is 4.75. The number of piperazine rings is 1. The van der Waals surface area contributed by atoms with Gasteiger partial charge in [-0.05, 0) is 63.7 Å². The lowest BCUT2D eigenvalue weighted by atomic mass is 9.98. The number of benzene rings is 1. The second kappa shape index (κ2) is 9.06. The smallest absolute Gasteiger partial charge is 0.0706 e. The Kier molecular flexibility index (Phi) is 6.48. The summed E-state index contributed by atoms with van der Waals surface area (Å²) in [5.74, 6) is 0. The van der Waals surface area contributed by atoms with Crippen molar-refractivity contribution in [2.45, 2.75) is 37.9 Å². The summed E-state index contributed by atoms with van der Waals surface area (Å²) in [4.78, 5) is 12.4. The number of hydrogen-bond donors (Lipinski definition) is 1. The molecule has 0 spiro atoms. The van der Waals surface area contributed by atoms with Crippen molar-refractivity contribution < 1.29 is 5.11 Å². The summed E-state index contributed by atoms with van der Waals surface area (Å²) in [5, 5.41) is 11.5. The van der Waals surface area contributed by atoms with Gasteiger partial charge in [-0.15, -0.1) is 0 Å². The quantitative estimate of drug-likeness (QED) is 0.833. The first-order valence-corrected chi connectivity index (χ1v) is 10.8. The molecule has 0 unspecified atom stereocenters.